The molecule has 2 atom stereocenters. The number of hydrogen-bond donors (Lipinski definition) is 2. The molecule has 1 saturated heterocycles. The van der Waals surface area contributed by atoms with Crippen LogP contribution in [-0.2, 0) is 0 Å². The quantitative estimate of drug-likeness (QED) is 0.903. The predicted octanol–water partition coefficient (Wildman–Crippen LogP) is 3.36. The lowest BCUT2D eigenvalue weighted by molar-refractivity contribution is 0.0474. The van der Waals surface area contributed by atoms with E-state index in [4.69, 9.17) is 4.42 Å². The fourth-order valence-corrected chi connectivity index (χ4v) is 3.21. The van der Waals surface area contributed by atoms with Gasteiger partial charge in [0.1, 0.15) is 5.76 Å². The molecular formula is C19H24N2O3. The van der Waals surface area contributed by atoms with Gasteiger partial charge >= 0.3 is 0 Å². The van der Waals surface area contributed by atoms with E-state index in [2.05, 4.69) is 5.32 Å². The van der Waals surface area contributed by atoms with E-state index in [1.54, 1.807) is 11.2 Å². The molecule has 128 valence electrons. The van der Waals surface area contributed by atoms with Gasteiger partial charge in [0.25, 0.3) is 5.91 Å². The summed E-state index contributed by atoms with van der Waals surface area (Å²) in [5, 5.41) is 13.1. The molecule has 1 aromatic heterocycles. The minimum absolute atomic E-state index is 0.0159. The molecule has 0 bridgehead atoms. The van der Waals surface area contributed by atoms with Crippen molar-refractivity contribution in [1.82, 2.24) is 4.90 Å². The summed E-state index contributed by atoms with van der Waals surface area (Å²) in [4.78, 5) is 14.4. The van der Waals surface area contributed by atoms with Crippen LogP contribution < -0.4 is 5.32 Å². The average molecular weight is 328 g/mol. The lowest BCUT2D eigenvalue weighted by atomic mass is 10.1. The van der Waals surface area contributed by atoms with Crippen molar-refractivity contribution in [2.24, 2.45) is 0 Å². The van der Waals surface area contributed by atoms with Crippen molar-refractivity contribution in [3.8, 4) is 0 Å². The largest absolute Gasteiger partial charge is 0.467 e. The van der Waals surface area contributed by atoms with E-state index < -0.39 is 6.10 Å². The van der Waals surface area contributed by atoms with Gasteiger partial charge < -0.3 is 19.7 Å². The Morgan fingerprint density at radius 3 is 2.96 bits per heavy atom. The maximum Gasteiger partial charge on any atom is 0.254 e. The summed E-state index contributed by atoms with van der Waals surface area (Å²) in [7, 11) is 0. The van der Waals surface area contributed by atoms with Gasteiger partial charge in [-0.3, -0.25) is 4.79 Å². The molecule has 3 rings (SSSR count). The second-order valence-corrected chi connectivity index (χ2v) is 6.46. The normalized spacial score (nSPS) is 19.1. The first-order chi connectivity index (χ1) is 11.5. The minimum atomic E-state index is -0.411. The number of aliphatic hydroxyl groups is 1. The number of amides is 1. The SMILES string of the molecule is Cc1ccoc1C(C)Nc1cccc(C(=O)N2CCCC(O)C2)c1. The number of piperidine rings is 1. The number of rotatable bonds is 4. The molecule has 1 aliphatic heterocycles. The number of aryl methyl sites for hydroxylation is 1. The van der Waals surface area contributed by atoms with E-state index in [0.717, 1.165) is 29.9 Å². The molecule has 0 radical (unpaired) electrons. The van der Waals surface area contributed by atoms with Gasteiger partial charge in [-0.15, -0.1) is 0 Å². The Labute approximate surface area is 142 Å². The topological polar surface area (TPSA) is 65.7 Å². The van der Waals surface area contributed by atoms with Gasteiger partial charge in [0.15, 0.2) is 0 Å². The van der Waals surface area contributed by atoms with Crippen LogP contribution in [0.1, 0.15) is 47.5 Å². The van der Waals surface area contributed by atoms with Gasteiger partial charge in [-0.1, -0.05) is 6.07 Å². The standard InChI is InChI=1S/C19H24N2O3/c1-13-8-10-24-18(13)14(2)20-16-6-3-5-15(11-16)19(23)21-9-4-7-17(22)12-21/h3,5-6,8,10-11,14,17,20,22H,4,7,9,12H2,1-2H3. The van der Waals surface area contributed by atoms with E-state index in [1.807, 2.05) is 44.2 Å². The molecule has 0 spiro atoms. The zero-order valence-corrected chi connectivity index (χ0v) is 14.2. The molecule has 1 aromatic carbocycles. The van der Waals surface area contributed by atoms with E-state index in [-0.39, 0.29) is 11.9 Å². The van der Waals surface area contributed by atoms with Gasteiger partial charge in [0, 0.05) is 24.3 Å². The lowest BCUT2D eigenvalue weighted by Gasteiger charge is -2.30. The van der Waals surface area contributed by atoms with Crippen molar-refractivity contribution in [2.45, 2.75) is 38.8 Å². The lowest BCUT2D eigenvalue weighted by Crippen LogP contribution is -2.42. The highest BCUT2D eigenvalue weighted by Crippen LogP contribution is 2.24. The van der Waals surface area contributed by atoms with Gasteiger partial charge in [-0.05, 0) is 56.5 Å². The number of β-amino-alcohol motifs (C(OH)–C–C–N with tert-alkyl or cyclic N) is 1. The van der Waals surface area contributed by atoms with Crippen LogP contribution in [0.15, 0.2) is 41.0 Å². The van der Waals surface area contributed by atoms with Crippen LogP contribution >= 0.6 is 0 Å². The van der Waals surface area contributed by atoms with Crippen molar-refractivity contribution in [2.75, 3.05) is 18.4 Å². The van der Waals surface area contributed by atoms with Crippen LogP contribution in [-0.4, -0.2) is 35.1 Å². The number of carbonyl (C=O) groups is 1. The van der Waals surface area contributed by atoms with E-state index in [1.165, 1.54) is 0 Å². The van der Waals surface area contributed by atoms with Gasteiger partial charge in [-0.2, -0.15) is 0 Å². The molecule has 0 aliphatic carbocycles. The van der Waals surface area contributed by atoms with Crippen molar-refractivity contribution in [1.29, 1.82) is 0 Å². The highest BCUT2D eigenvalue weighted by Gasteiger charge is 2.23. The number of nitrogens with one attached hydrogen (secondary N) is 1. The Kier molecular flexibility index (Phi) is 4.90. The minimum Gasteiger partial charge on any atom is -0.467 e. The van der Waals surface area contributed by atoms with Gasteiger partial charge in [0.2, 0.25) is 0 Å². The van der Waals surface area contributed by atoms with Crippen molar-refractivity contribution in [3.05, 3.63) is 53.5 Å². The van der Waals surface area contributed by atoms with Crippen molar-refractivity contribution < 1.29 is 14.3 Å². The smallest absolute Gasteiger partial charge is 0.254 e. The molecular weight excluding hydrogens is 304 g/mol. The monoisotopic (exact) mass is 328 g/mol. The molecule has 2 heterocycles. The molecule has 2 unspecified atom stereocenters. The second kappa shape index (κ2) is 7.09. The number of benzene rings is 1. The van der Waals surface area contributed by atoms with E-state index in [9.17, 15) is 9.90 Å². The van der Waals surface area contributed by atoms with Crippen LogP contribution in [0, 0.1) is 6.92 Å². The molecule has 1 aliphatic rings. The van der Waals surface area contributed by atoms with Crippen LogP contribution in [0.5, 0.6) is 0 Å². The number of hydrogen-bond acceptors (Lipinski definition) is 4. The maximum absolute atomic E-state index is 12.6. The Morgan fingerprint density at radius 2 is 2.25 bits per heavy atom. The highest BCUT2D eigenvalue weighted by molar-refractivity contribution is 5.95. The molecule has 24 heavy (non-hydrogen) atoms. The van der Waals surface area contributed by atoms with Crippen molar-refractivity contribution in [3.63, 3.8) is 0 Å². The summed E-state index contributed by atoms with van der Waals surface area (Å²) in [6.07, 6.45) is 2.89. The molecule has 5 heteroatoms. The molecule has 0 saturated carbocycles. The molecule has 1 fully saturated rings. The summed E-state index contributed by atoms with van der Waals surface area (Å²) in [5.41, 5.74) is 2.61. The zero-order valence-electron chi connectivity index (χ0n) is 14.2. The first kappa shape index (κ1) is 16.6. The summed E-state index contributed by atoms with van der Waals surface area (Å²) in [6, 6.07) is 9.45. The maximum atomic E-state index is 12.6. The molecule has 2 N–H and O–H groups in total. The molecule has 1 amide bonds. The fraction of sp³-hybridized carbons (Fsp3) is 0.421. The number of carbonyl (C=O) groups excluding carboxylic acids is 1. The summed E-state index contributed by atoms with van der Waals surface area (Å²) in [6.45, 7) is 5.16. The Hall–Kier alpha value is -2.27. The summed E-state index contributed by atoms with van der Waals surface area (Å²) < 4.78 is 5.52. The predicted molar refractivity (Wildman–Crippen MR) is 93.1 cm³/mol. The summed E-state index contributed by atoms with van der Waals surface area (Å²) >= 11 is 0. The fourth-order valence-electron chi connectivity index (χ4n) is 3.21. The van der Waals surface area contributed by atoms with Crippen molar-refractivity contribution >= 4 is 11.6 Å². The number of likely N-dealkylation sites (tertiary alicyclic amines) is 1. The Bertz CT molecular complexity index is 710. The second-order valence-electron chi connectivity index (χ2n) is 6.46. The third-order valence-electron chi connectivity index (χ3n) is 4.47. The van der Waals surface area contributed by atoms with Crippen LogP contribution in [0.25, 0.3) is 0 Å². The third kappa shape index (κ3) is 3.62. The van der Waals surface area contributed by atoms with Gasteiger partial charge in [0.05, 0.1) is 18.4 Å². The number of anilines is 1. The summed E-state index contributed by atoms with van der Waals surface area (Å²) in [5.74, 6) is 0.866. The van der Waals surface area contributed by atoms with E-state index in [0.29, 0.717) is 18.7 Å². The number of aliphatic hydroxyl groups excluding tert-OH is 1. The zero-order chi connectivity index (χ0) is 17.1. The molecule has 5 nitrogen and oxygen atoms in total. The first-order valence-electron chi connectivity index (χ1n) is 8.42. The van der Waals surface area contributed by atoms with Crippen LogP contribution in [0.2, 0.25) is 0 Å². The van der Waals surface area contributed by atoms with Gasteiger partial charge in [-0.25, -0.2) is 0 Å². The van der Waals surface area contributed by atoms with E-state index >= 15 is 0 Å². The first-order valence-corrected chi connectivity index (χ1v) is 8.42. The average Bonchev–Trinajstić information content (AvgIpc) is 3.00. The number of furan rings is 1. The Balaban J connectivity index is 1.72. The third-order valence-corrected chi connectivity index (χ3v) is 4.47. The number of nitrogens with zero attached hydrogens (tertiary/aromatic N) is 1. The highest BCUT2D eigenvalue weighted by atomic mass is 16.3. The van der Waals surface area contributed by atoms with Crippen LogP contribution in [0.3, 0.4) is 0 Å². The Morgan fingerprint density at radius 1 is 1.42 bits per heavy atom. The van der Waals surface area contributed by atoms with Crippen LogP contribution in [0.4, 0.5) is 5.69 Å². The molecule has 2 aromatic rings.